The van der Waals surface area contributed by atoms with E-state index in [0.29, 0.717) is 11.1 Å². The van der Waals surface area contributed by atoms with Gasteiger partial charge in [0.05, 0.1) is 12.0 Å². The Labute approximate surface area is 142 Å². The Morgan fingerprint density at radius 3 is 1.83 bits per heavy atom. The van der Waals surface area contributed by atoms with E-state index in [1.165, 1.54) is 0 Å². The van der Waals surface area contributed by atoms with Gasteiger partial charge in [0.1, 0.15) is 0 Å². The Bertz CT molecular complexity index is 608. The number of carboxylic acids is 1. The Kier molecular flexibility index (Phi) is 6.51. The maximum atomic E-state index is 12.4. The van der Waals surface area contributed by atoms with Gasteiger partial charge in [-0.3, -0.25) is 14.4 Å². The number of benzene rings is 1. The van der Waals surface area contributed by atoms with E-state index in [-0.39, 0.29) is 30.2 Å². The minimum absolute atomic E-state index is 0.0308. The number of rotatable bonds is 7. The average molecular weight is 334 g/mol. The number of hydrogen-bond acceptors (Lipinski definition) is 3. The number of carbonyl (C=O) groups is 3. The molecule has 0 aliphatic carbocycles. The summed E-state index contributed by atoms with van der Waals surface area (Å²) in [4.78, 5) is 35.3. The second-order valence-corrected chi connectivity index (χ2v) is 6.80. The van der Waals surface area contributed by atoms with Crippen molar-refractivity contribution in [3.8, 4) is 0 Å². The summed E-state index contributed by atoms with van der Waals surface area (Å²) in [5.41, 5.74) is 0.00197. The molecular formula is C18H26N2O4. The van der Waals surface area contributed by atoms with E-state index in [4.69, 9.17) is 5.11 Å². The zero-order valence-corrected chi connectivity index (χ0v) is 14.8. The summed E-state index contributed by atoms with van der Waals surface area (Å²) in [5, 5.41) is 14.6. The van der Waals surface area contributed by atoms with E-state index in [1.807, 2.05) is 27.7 Å². The van der Waals surface area contributed by atoms with Gasteiger partial charge in [0, 0.05) is 17.2 Å². The van der Waals surface area contributed by atoms with Crippen LogP contribution in [-0.4, -0.2) is 34.5 Å². The topological polar surface area (TPSA) is 95.5 Å². The van der Waals surface area contributed by atoms with Crippen molar-refractivity contribution in [2.24, 2.45) is 5.92 Å². The van der Waals surface area contributed by atoms with Gasteiger partial charge >= 0.3 is 5.97 Å². The number of amides is 2. The Balaban J connectivity index is 2.88. The third kappa shape index (κ3) is 5.37. The predicted molar refractivity (Wildman–Crippen MR) is 92.0 cm³/mol. The van der Waals surface area contributed by atoms with Gasteiger partial charge in [-0.1, -0.05) is 13.8 Å². The van der Waals surface area contributed by atoms with Crippen LogP contribution in [0.5, 0.6) is 0 Å². The van der Waals surface area contributed by atoms with Gasteiger partial charge in [0.2, 0.25) is 0 Å². The zero-order chi connectivity index (χ0) is 18.5. The van der Waals surface area contributed by atoms with Gasteiger partial charge in [0.15, 0.2) is 0 Å². The highest BCUT2D eigenvalue weighted by Crippen LogP contribution is 2.21. The third-order valence-electron chi connectivity index (χ3n) is 4.02. The summed E-state index contributed by atoms with van der Waals surface area (Å²) in [6.07, 6.45) is -0.161. The van der Waals surface area contributed by atoms with Gasteiger partial charge in [0.25, 0.3) is 11.8 Å². The molecule has 2 amide bonds. The summed E-state index contributed by atoms with van der Waals surface area (Å²) >= 11 is 0. The second-order valence-electron chi connectivity index (χ2n) is 6.80. The van der Waals surface area contributed by atoms with Crippen LogP contribution in [0, 0.1) is 5.92 Å². The molecule has 0 spiro atoms. The molecule has 0 aliphatic heterocycles. The number of nitrogens with one attached hydrogen (secondary N) is 2. The molecule has 1 unspecified atom stereocenters. The van der Waals surface area contributed by atoms with Gasteiger partial charge in [-0.25, -0.2) is 0 Å². The smallest absolute Gasteiger partial charge is 0.305 e. The maximum absolute atomic E-state index is 12.4. The lowest BCUT2D eigenvalue weighted by atomic mass is 9.85. The van der Waals surface area contributed by atoms with Gasteiger partial charge in [-0.05, 0) is 51.0 Å². The van der Waals surface area contributed by atoms with E-state index >= 15 is 0 Å². The van der Waals surface area contributed by atoms with Crippen LogP contribution in [0.2, 0.25) is 0 Å². The molecule has 1 aromatic carbocycles. The molecule has 0 bridgehead atoms. The van der Waals surface area contributed by atoms with Crippen molar-refractivity contribution in [1.82, 2.24) is 10.6 Å². The predicted octanol–water partition coefficient (Wildman–Crippen LogP) is 2.44. The van der Waals surface area contributed by atoms with E-state index in [0.717, 1.165) is 0 Å². The van der Waals surface area contributed by atoms with Crippen molar-refractivity contribution >= 4 is 17.8 Å². The first kappa shape index (κ1) is 19.7. The number of carboxylic acid groups (broad SMARTS) is 1. The van der Waals surface area contributed by atoms with Crippen LogP contribution in [0.15, 0.2) is 24.3 Å². The molecule has 3 N–H and O–H groups in total. The second kappa shape index (κ2) is 7.95. The van der Waals surface area contributed by atoms with Gasteiger partial charge < -0.3 is 15.7 Å². The van der Waals surface area contributed by atoms with Crippen LogP contribution in [-0.2, 0) is 4.79 Å². The van der Waals surface area contributed by atoms with Crippen molar-refractivity contribution in [3.63, 3.8) is 0 Å². The van der Waals surface area contributed by atoms with Gasteiger partial charge in [-0.15, -0.1) is 0 Å². The summed E-state index contributed by atoms with van der Waals surface area (Å²) in [6, 6.07) is 6.31. The molecular weight excluding hydrogens is 308 g/mol. The molecule has 0 aliphatic rings. The molecule has 0 saturated heterocycles. The average Bonchev–Trinajstić information content (AvgIpc) is 2.45. The molecule has 0 radical (unpaired) electrons. The van der Waals surface area contributed by atoms with Gasteiger partial charge in [-0.2, -0.15) is 0 Å². The first-order valence-corrected chi connectivity index (χ1v) is 8.00. The molecule has 132 valence electrons. The molecule has 1 atom stereocenters. The summed E-state index contributed by atoms with van der Waals surface area (Å²) < 4.78 is 0. The van der Waals surface area contributed by atoms with Crippen LogP contribution >= 0.6 is 0 Å². The van der Waals surface area contributed by atoms with Crippen molar-refractivity contribution in [3.05, 3.63) is 35.4 Å². The number of carbonyl (C=O) groups excluding carboxylic acids is 2. The lowest BCUT2D eigenvalue weighted by Gasteiger charge is -2.33. The molecule has 0 fully saturated rings. The third-order valence-corrected chi connectivity index (χ3v) is 4.02. The number of aliphatic carboxylic acids is 1. The normalized spacial score (nSPS) is 13.5. The molecule has 0 heterocycles. The van der Waals surface area contributed by atoms with Crippen LogP contribution < -0.4 is 10.6 Å². The van der Waals surface area contributed by atoms with Crippen LogP contribution in [0.3, 0.4) is 0 Å². The highest BCUT2D eigenvalue weighted by molar-refractivity contribution is 5.98. The van der Waals surface area contributed by atoms with E-state index in [9.17, 15) is 14.4 Å². The zero-order valence-electron chi connectivity index (χ0n) is 14.8. The standard InChI is InChI=1S/C18H26N2O4/c1-11(2)18(5,10-15(21)22)20-17(24)14-8-6-13(7-9-14)16(23)19-12(3)4/h6-9,11-12H,10H2,1-5H3,(H,19,23)(H,20,24)(H,21,22). The van der Waals surface area contributed by atoms with E-state index < -0.39 is 11.5 Å². The molecule has 0 aromatic heterocycles. The molecule has 6 heteroatoms. The van der Waals surface area contributed by atoms with Crippen LogP contribution in [0.25, 0.3) is 0 Å². The highest BCUT2D eigenvalue weighted by atomic mass is 16.4. The minimum Gasteiger partial charge on any atom is -0.481 e. The summed E-state index contributed by atoms with van der Waals surface area (Å²) in [6.45, 7) is 9.18. The lowest BCUT2D eigenvalue weighted by Crippen LogP contribution is -2.51. The van der Waals surface area contributed by atoms with E-state index in [1.54, 1.807) is 31.2 Å². The first-order valence-electron chi connectivity index (χ1n) is 8.00. The Hall–Kier alpha value is -2.37. The monoisotopic (exact) mass is 334 g/mol. The fraction of sp³-hybridized carbons (Fsp3) is 0.500. The molecule has 1 aromatic rings. The largest absolute Gasteiger partial charge is 0.481 e. The Morgan fingerprint density at radius 1 is 1.00 bits per heavy atom. The van der Waals surface area contributed by atoms with E-state index in [2.05, 4.69) is 10.6 Å². The quantitative estimate of drug-likeness (QED) is 0.713. The van der Waals surface area contributed by atoms with Crippen molar-refractivity contribution in [2.45, 2.75) is 52.6 Å². The van der Waals surface area contributed by atoms with Crippen LogP contribution in [0.1, 0.15) is 61.8 Å². The summed E-state index contributed by atoms with van der Waals surface area (Å²) in [7, 11) is 0. The fourth-order valence-corrected chi connectivity index (χ4v) is 2.16. The summed E-state index contributed by atoms with van der Waals surface area (Å²) in [5.74, 6) is -1.57. The lowest BCUT2D eigenvalue weighted by molar-refractivity contribution is -0.138. The Morgan fingerprint density at radius 2 is 1.46 bits per heavy atom. The SMILES string of the molecule is CC(C)NC(=O)c1ccc(C(=O)NC(C)(CC(=O)O)C(C)C)cc1. The number of hydrogen-bond donors (Lipinski definition) is 3. The first-order chi connectivity index (χ1) is 11.0. The molecule has 0 saturated carbocycles. The van der Waals surface area contributed by atoms with Crippen LogP contribution in [0.4, 0.5) is 0 Å². The minimum atomic E-state index is -0.966. The molecule has 6 nitrogen and oxygen atoms in total. The molecule has 1 rings (SSSR count). The highest BCUT2D eigenvalue weighted by Gasteiger charge is 2.33. The van der Waals surface area contributed by atoms with Crippen molar-refractivity contribution in [2.75, 3.05) is 0 Å². The fourth-order valence-electron chi connectivity index (χ4n) is 2.16. The van der Waals surface area contributed by atoms with Crippen molar-refractivity contribution < 1.29 is 19.5 Å². The maximum Gasteiger partial charge on any atom is 0.305 e. The molecule has 24 heavy (non-hydrogen) atoms. The van der Waals surface area contributed by atoms with Crippen molar-refractivity contribution in [1.29, 1.82) is 0 Å².